The number of nitrogens with zero attached hydrogens (tertiary/aromatic N) is 1. The lowest BCUT2D eigenvalue weighted by Crippen LogP contribution is -2.25. The first-order chi connectivity index (χ1) is 5.51. The highest BCUT2D eigenvalue weighted by Crippen LogP contribution is 2.29. The number of hydrogen-bond donors (Lipinski definition) is 0. The van der Waals surface area contributed by atoms with E-state index in [0.29, 0.717) is 6.10 Å². The van der Waals surface area contributed by atoms with Crippen LogP contribution in [0.3, 0.4) is 0 Å². The van der Waals surface area contributed by atoms with Gasteiger partial charge in [-0.3, -0.25) is 0 Å². The molecule has 2 atom stereocenters. The molecule has 1 rings (SSSR count). The predicted molar refractivity (Wildman–Crippen MR) is 47.6 cm³/mol. The number of hydrogen-bond acceptors (Lipinski definition) is 2. The van der Waals surface area contributed by atoms with E-state index in [4.69, 9.17) is 10.00 Å². The molecule has 0 amide bonds. The molecular formula is C10H17NO. The lowest BCUT2D eigenvalue weighted by Gasteiger charge is -2.24. The molecule has 0 saturated heterocycles. The van der Waals surface area contributed by atoms with Gasteiger partial charge in [-0.2, -0.15) is 5.26 Å². The van der Waals surface area contributed by atoms with Crippen molar-refractivity contribution in [2.45, 2.75) is 51.7 Å². The maximum atomic E-state index is 8.68. The highest BCUT2D eigenvalue weighted by molar-refractivity contribution is 4.91. The van der Waals surface area contributed by atoms with E-state index in [1.807, 2.05) is 0 Å². The molecule has 0 radical (unpaired) electrons. The van der Waals surface area contributed by atoms with E-state index in [1.165, 1.54) is 0 Å². The Morgan fingerprint density at radius 2 is 2.00 bits per heavy atom. The summed E-state index contributed by atoms with van der Waals surface area (Å²) < 4.78 is 5.78. The molecule has 2 heteroatoms. The monoisotopic (exact) mass is 167 g/mol. The van der Waals surface area contributed by atoms with Crippen LogP contribution in [0, 0.1) is 17.2 Å². The zero-order valence-corrected chi connectivity index (χ0v) is 8.13. The average Bonchev–Trinajstić information content (AvgIpc) is 2.32. The zero-order valence-electron chi connectivity index (χ0n) is 8.13. The molecule has 0 aromatic rings. The van der Waals surface area contributed by atoms with Crippen LogP contribution >= 0.6 is 0 Å². The smallest absolute Gasteiger partial charge is 0.0656 e. The molecule has 0 bridgehead atoms. The van der Waals surface area contributed by atoms with Crippen molar-refractivity contribution < 1.29 is 4.74 Å². The number of ether oxygens (including phenoxy) is 1. The Morgan fingerprint density at radius 3 is 2.42 bits per heavy atom. The third kappa shape index (κ3) is 2.83. The van der Waals surface area contributed by atoms with Crippen LogP contribution in [0.2, 0.25) is 0 Å². The van der Waals surface area contributed by atoms with Crippen LogP contribution in [0.4, 0.5) is 0 Å². The van der Waals surface area contributed by atoms with Crippen molar-refractivity contribution >= 4 is 0 Å². The van der Waals surface area contributed by atoms with Crippen LogP contribution in [-0.2, 0) is 4.74 Å². The summed E-state index contributed by atoms with van der Waals surface area (Å²) in [7, 11) is 0. The van der Waals surface area contributed by atoms with E-state index in [9.17, 15) is 0 Å². The molecule has 1 aliphatic carbocycles. The minimum Gasteiger partial charge on any atom is -0.373 e. The molecule has 1 saturated carbocycles. The van der Waals surface area contributed by atoms with Gasteiger partial charge in [0.1, 0.15) is 0 Å². The van der Waals surface area contributed by atoms with Crippen molar-refractivity contribution in [1.29, 1.82) is 5.26 Å². The first-order valence-corrected chi connectivity index (χ1v) is 4.59. The Labute approximate surface area is 74.5 Å². The minimum absolute atomic E-state index is 0.0605. The first-order valence-electron chi connectivity index (χ1n) is 4.59. The Balaban J connectivity index is 2.34. The molecule has 0 spiro atoms. The van der Waals surface area contributed by atoms with Crippen LogP contribution < -0.4 is 0 Å². The molecule has 0 aromatic carbocycles. The topological polar surface area (TPSA) is 33.0 Å². The van der Waals surface area contributed by atoms with Crippen molar-refractivity contribution in [3.05, 3.63) is 0 Å². The maximum absolute atomic E-state index is 8.68. The van der Waals surface area contributed by atoms with E-state index in [2.05, 4.69) is 26.8 Å². The summed E-state index contributed by atoms with van der Waals surface area (Å²) >= 11 is 0. The summed E-state index contributed by atoms with van der Waals surface area (Å²) in [5.74, 6) is 0.234. The molecule has 0 unspecified atom stereocenters. The second kappa shape index (κ2) is 3.45. The molecular weight excluding hydrogens is 150 g/mol. The SMILES string of the molecule is CC(C)(C)O[C@H]1CC[C@@H](C#N)C1. The van der Waals surface area contributed by atoms with Gasteiger partial charge < -0.3 is 4.74 Å². The Hall–Kier alpha value is -0.550. The second-order valence-corrected chi connectivity index (χ2v) is 4.49. The van der Waals surface area contributed by atoms with Crippen LogP contribution in [-0.4, -0.2) is 11.7 Å². The van der Waals surface area contributed by atoms with Gasteiger partial charge in [0.15, 0.2) is 0 Å². The largest absolute Gasteiger partial charge is 0.373 e. The number of nitriles is 1. The van der Waals surface area contributed by atoms with Crippen LogP contribution in [0.1, 0.15) is 40.0 Å². The minimum atomic E-state index is -0.0605. The molecule has 0 heterocycles. The van der Waals surface area contributed by atoms with Gasteiger partial charge in [0.2, 0.25) is 0 Å². The Bertz CT molecular complexity index is 187. The summed E-state index contributed by atoms with van der Waals surface area (Å²) in [4.78, 5) is 0. The molecule has 2 nitrogen and oxygen atoms in total. The molecule has 12 heavy (non-hydrogen) atoms. The molecule has 68 valence electrons. The van der Waals surface area contributed by atoms with Crippen molar-refractivity contribution in [2.75, 3.05) is 0 Å². The average molecular weight is 167 g/mol. The number of rotatable bonds is 1. The van der Waals surface area contributed by atoms with Gasteiger partial charge in [-0.05, 0) is 40.0 Å². The van der Waals surface area contributed by atoms with Gasteiger partial charge in [0.05, 0.1) is 17.8 Å². The molecule has 1 fully saturated rings. The lowest BCUT2D eigenvalue weighted by molar-refractivity contribution is -0.0567. The fraction of sp³-hybridized carbons (Fsp3) is 0.900. The summed E-state index contributed by atoms with van der Waals surface area (Å²) in [6.45, 7) is 6.19. The van der Waals surface area contributed by atoms with E-state index in [-0.39, 0.29) is 11.5 Å². The van der Waals surface area contributed by atoms with Crippen molar-refractivity contribution in [3.8, 4) is 6.07 Å². The van der Waals surface area contributed by atoms with Gasteiger partial charge in [-0.1, -0.05) is 0 Å². The van der Waals surface area contributed by atoms with Gasteiger partial charge in [-0.15, -0.1) is 0 Å². The van der Waals surface area contributed by atoms with Crippen molar-refractivity contribution in [2.24, 2.45) is 5.92 Å². The normalized spacial score (nSPS) is 30.2. The van der Waals surface area contributed by atoms with Crippen LogP contribution in [0.5, 0.6) is 0 Å². The molecule has 0 N–H and O–H groups in total. The standard InChI is InChI=1S/C10H17NO/c1-10(2,3)12-9-5-4-8(6-9)7-11/h8-9H,4-6H2,1-3H3/t8-,9+/m1/s1. The summed E-state index contributed by atoms with van der Waals surface area (Å²) in [5, 5.41) is 8.68. The lowest BCUT2D eigenvalue weighted by atomic mass is 10.1. The second-order valence-electron chi connectivity index (χ2n) is 4.49. The summed E-state index contributed by atoms with van der Waals surface area (Å²) in [5.41, 5.74) is -0.0605. The van der Waals surface area contributed by atoms with E-state index in [0.717, 1.165) is 19.3 Å². The molecule has 0 aromatic heterocycles. The van der Waals surface area contributed by atoms with E-state index >= 15 is 0 Å². The Kier molecular flexibility index (Phi) is 2.74. The highest BCUT2D eigenvalue weighted by atomic mass is 16.5. The fourth-order valence-electron chi connectivity index (χ4n) is 1.66. The summed E-state index contributed by atoms with van der Waals surface area (Å²) in [6.07, 6.45) is 3.30. The third-order valence-electron chi connectivity index (χ3n) is 2.09. The molecule has 1 aliphatic rings. The van der Waals surface area contributed by atoms with Crippen molar-refractivity contribution in [3.63, 3.8) is 0 Å². The summed E-state index contributed by atoms with van der Waals surface area (Å²) in [6, 6.07) is 2.30. The van der Waals surface area contributed by atoms with Crippen molar-refractivity contribution in [1.82, 2.24) is 0 Å². The van der Waals surface area contributed by atoms with Gasteiger partial charge in [0.25, 0.3) is 0 Å². The zero-order chi connectivity index (χ0) is 9.19. The fourth-order valence-corrected chi connectivity index (χ4v) is 1.66. The quantitative estimate of drug-likeness (QED) is 0.601. The third-order valence-corrected chi connectivity index (χ3v) is 2.09. The van der Waals surface area contributed by atoms with Crippen LogP contribution in [0.15, 0.2) is 0 Å². The predicted octanol–water partition coefficient (Wildman–Crippen LogP) is 2.49. The van der Waals surface area contributed by atoms with Gasteiger partial charge in [-0.25, -0.2) is 0 Å². The molecule has 0 aliphatic heterocycles. The van der Waals surface area contributed by atoms with Gasteiger partial charge >= 0.3 is 0 Å². The first kappa shape index (κ1) is 9.54. The Morgan fingerprint density at radius 1 is 1.33 bits per heavy atom. The highest BCUT2D eigenvalue weighted by Gasteiger charge is 2.28. The van der Waals surface area contributed by atoms with Gasteiger partial charge in [0, 0.05) is 5.92 Å². The van der Waals surface area contributed by atoms with E-state index < -0.39 is 0 Å². The van der Waals surface area contributed by atoms with E-state index in [1.54, 1.807) is 0 Å². The van der Waals surface area contributed by atoms with Crippen LogP contribution in [0.25, 0.3) is 0 Å². The maximum Gasteiger partial charge on any atom is 0.0656 e.